The number of nitrogens with zero attached hydrogens (tertiary/aromatic N) is 1. The highest BCUT2D eigenvalue weighted by Crippen LogP contribution is 2.27. The predicted molar refractivity (Wildman–Crippen MR) is 104 cm³/mol. The number of hydrogen-bond donors (Lipinski definition) is 1. The van der Waals surface area contributed by atoms with Crippen LogP contribution in [0.25, 0.3) is 0 Å². The number of hydrogen-bond acceptors (Lipinski definition) is 4. The van der Waals surface area contributed by atoms with E-state index in [9.17, 15) is 4.79 Å². The number of carbonyl (C=O) groups is 1. The second kappa shape index (κ2) is 8.52. The van der Waals surface area contributed by atoms with Gasteiger partial charge in [0.2, 0.25) is 0 Å². The van der Waals surface area contributed by atoms with E-state index in [0.717, 1.165) is 5.56 Å². The Labute approximate surface area is 155 Å². The standard InChI is InChI=1S/C21H26N2O3/c1-6-26-18-12-7-15(13-19(18)25-5)14-22-23-20(24)16-8-10-17(11-9-16)21(2,3)4/h7-14H,6H2,1-5H3,(H,23,24)/b22-14+. The highest BCUT2D eigenvalue weighted by Gasteiger charge is 2.14. The van der Waals surface area contributed by atoms with Crippen LogP contribution in [0, 0.1) is 0 Å². The SMILES string of the molecule is CCOc1ccc(/C=N/NC(=O)c2ccc(C(C)(C)C)cc2)cc1OC. The van der Waals surface area contributed by atoms with Gasteiger partial charge < -0.3 is 9.47 Å². The number of benzene rings is 2. The molecule has 0 aliphatic rings. The Morgan fingerprint density at radius 3 is 2.38 bits per heavy atom. The van der Waals surface area contributed by atoms with Gasteiger partial charge in [-0.15, -0.1) is 0 Å². The summed E-state index contributed by atoms with van der Waals surface area (Å²) in [4.78, 5) is 12.2. The molecule has 0 heterocycles. The summed E-state index contributed by atoms with van der Waals surface area (Å²) < 4.78 is 10.8. The third kappa shape index (κ3) is 5.09. The van der Waals surface area contributed by atoms with Crippen molar-refractivity contribution in [3.8, 4) is 11.5 Å². The molecule has 2 rings (SSSR count). The van der Waals surface area contributed by atoms with Gasteiger partial charge in [0.15, 0.2) is 11.5 Å². The first-order valence-electron chi connectivity index (χ1n) is 8.60. The molecule has 0 radical (unpaired) electrons. The van der Waals surface area contributed by atoms with Crippen LogP contribution in [-0.2, 0) is 5.41 Å². The van der Waals surface area contributed by atoms with E-state index in [1.165, 1.54) is 5.56 Å². The third-order valence-electron chi connectivity index (χ3n) is 3.88. The fraction of sp³-hybridized carbons (Fsp3) is 0.333. The van der Waals surface area contributed by atoms with Crippen molar-refractivity contribution in [2.24, 2.45) is 5.10 Å². The fourth-order valence-electron chi connectivity index (χ4n) is 2.39. The van der Waals surface area contributed by atoms with Crippen LogP contribution < -0.4 is 14.9 Å². The number of methoxy groups -OCH3 is 1. The first kappa shape index (κ1) is 19.5. The molecule has 0 fully saturated rings. The van der Waals surface area contributed by atoms with E-state index in [-0.39, 0.29) is 11.3 Å². The molecule has 0 bridgehead atoms. The average molecular weight is 354 g/mol. The monoisotopic (exact) mass is 354 g/mol. The second-order valence-corrected chi connectivity index (χ2v) is 6.87. The quantitative estimate of drug-likeness (QED) is 0.626. The Hall–Kier alpha value is -2.82. The van der Waals surface area contributed by atoms with Crippen molar-refractivity contribution in [1.82, 2.24) is 5.43 Å². The lowest BCUT2D eigenvalue weighted by Gasteiger charge is -2.18. The highest BCUT2D eigenvalue weighted by molar-refractivity contribution is 5.95. The van der Waals surface area contributed by atoms with Gasteiger partial charge in [0.05, 0.1) is 19.9 Å². The summed E-state index contributed by atoms with van der Waals surface area (Å²) in [7, 11) is 1.59. The molecule has 0 aliphatic carbocycles. The van der Waals surface area contributed by atoms with Crippen molar-refractivity contribution in [1.29, 1.82) is 0 Å². The Morgan fingerprint density at radius 1 is 1.12 bits per heavy atom. The van der Waals surface area contributed by atoms with Gasteiger partial charge in [0, 0.05) is 5.56 Å². The van der Waals surface area contributed by atoms with Gasteiger partial charge in [0.25, 0.3) is 5.91 Å². The van der Waals surface area contributed by atoms with Crippen LogP contribution in [0.3, 0.4) is 0 Å². The summed E-state index contributed by atoms with van der Waals surface area (Å²) in [6.07, 6.45) is 1.57. The summed E-state index contributed by atoms with van der Waals surface area (Å²) in [6.45, 7) is 8.89. The van der Waals surface area contributed by atoms with Crippen molar-refractivity contribution < 1.29 is 14.3 Å². The van der Waals surface area contributed by atoms with Gasteiger partial charge in [-0.1, -0.05) is 32.9 Å². The molecule has 0 aliphatic heterocycles. The van der Waals surface area contributed by atoms with Crippen LogP contribution in [0.1, 0.15) is 49.2 Å². The third-order valence-corrected chi connectivity index (χ3v) is 3.88. The largest absolute Gasteiger partial charge is 0.493 e. The molecule has 2 aromatic rings. The normalized spacial score (nSPS) is 11.4. The van der Waals surface area contributed by atoms with Crippen molar-refractivity contribution >= 4 is 12.1 Å². The molecule has 0 saturated heterocycles. The van der Waals surface area contributed by atoms with Gasteiger partial charge in [-0.05, 0) is 53.8 Å². The molecule has 0 aromatic heterocycles. The number of nitrogens with one attached hydrogen (secondary N) is 1. The lowest BCUT2D eigenvalue weighted by Crippen LogP contribution is -2.18. The molecular weight excluding hydrogens is 328 g/mol. The van der Waals surface area contributed by atoms with Crippen LogP contribution in [0.15, 0.2) is 47.6 Å². The van der Waals surface area contributed by atoms with Crippen LogP contribution in [-0.4, -0.2) is 25.8 Å². The molecule has 5 heteroatoms. The molecule has 26 heavy (non-hydrogen) atoms. The molecule has 5 nitrogen and oxygen atoms in total. The summed E-state index contributed by atoms with van der Waals surface area (Å²) in [5, 5.41) is 4.02. The van der Waals surface area contributed by atoms with E-state index in [1.807, 2.05) is 43.3 Å². The van der Waals surface area contributed by atoms with E-state index in [0.29, 0.717) is 23.7 Å². The second-order valence-electron chi connectivity index (χ2n) is 6.87. The first-order valence-corrected chi connectivity index (χ1v) is 8.60. The van der Waals surface area contributed by atoms with Crippen molar-refractivity contribution in [2.45, 2.75) is 33.1 Å². The molecule has 1 amide bonds. The summed E-state index contributed by atoms with van der Waals surface area (Å²) in [6, 6.07) is 13.0. The molecule has 0 unspecified atom stereocenters. The van der Waals surface area contributed by atoms with E-state index >= 15 is 0 Å². The lowest BCUT2D eigenvalue weighted by atomic mass is 9.87. The number of ether oxygens (including phenoxy) is 2. The average Bonchev–Trinajstić information content (AvgIpc) is 2.62. The molecule has 0 spiro atoms. The van der Waals surface area contributed by atoms with Crippen LogP contribution in [0.4, 0.5) is 0 Å². The van der Waals surface area contributed by atoms with Crippen molar-refractivity contribution in [2.75, 3.05) is 13.7 Å². The molecule has 1 N–H and O–H groups in total. The Kier molecular flexibility index (Phi) is 6.39. The van der Waals surface area contributed by atoms with Crippen LogP contribution >= 0.6 is 0 Å². The summed E-state index contributed by atoms with van der Waals surface area (Å²) in [5.74, 6) is 1.05. The number of hydrazone groups is 1. The van der Waals surface area contributed by atoms with E-state index < -0.39 is 0 Å². The van der Waals surface area contributed by atoms with Gasteiger partial charge in [-0.25, -0.2) is 5.43 Å². The van der Waals surface area contributed by atoms with Crippen molar-refractivity contribution in [3.05, 3.63) is 59.2 Å². The maximum absolute atomic E-state index is 12.2. The topological polar surface area (TPSA) is 59.9 Å². The van der Waals surface area contributed by atoms with Crippen molar-refractivity contribution in [3.63, 3.8) is 0 Å². The van der Waals surface area contributed by atoms with Crippen LogP contribution in [0.5, 0.6) is 11.5 Å². The van der Waals surface area contributed by atoms with Gasteiger partial charge in [0.1, 0.15) is 0 Å². The first-order chi connectivity index (χ1) is 12.3. The minimum Gasteiger partial charge on any atom is -0.493 e. The molecular formula is C21H26N2O3. The summed E-state index contributed by atoms with van der Waals surface area (Å²) >= 11 is 0. The van der Waals surface area contributed by atoms with E-state index in [4.69, 9.17) is 9.47 Å². The number of carbonyl (C=O) groups excluding carboxylic acids is 1. The predicted octanol–water partition coefficient (Wildman–Crippen LogP) is 4.16. The van der Waals surface area contributed by atoms with E-state index in [2.05, 4.69) is 31.3 Å². The smallest absolute Gasteiger partial charge is 0.271 e. The Bertz CT molecular complexity index is 775. The number of rotatable bonds is 6. The zero-order chi connectivity index (χ0) is 19.2. The molecule has 2 aromatic carbocycles. The molecule has 0 atom stereocenters. The minimum absolute atomic E-state index is 0.0554. The maximum Gasteiger partial charge on any atom is 0.271 e. The zero-order valence-corrected chi connectivity index (χ0v) is 16.0. The Balaban J connectivity index is 2.02. The van der Waals surface area contributed by atoms with E-state index in [1.54, 1.807) is 19.4 Å². The summed E-state index contributed by atoms with van der Waals surface area (Å²) in [5.41, 5.74) is 5.15. The Morgan fingerprint density at radius 2 is 1.81 bits per heavy atom. The van der Waals surface area contributed by atoms with Gasteiger partial charge in [-0.2, -0.15) is 5.10 Å². The van der Waals surface area contributed by atoms with Crippen LogP contribution in [0.2, 0.25) is 0 Å². The molecule has 0 saturated carbocycles. The molecule has 138 valence electrons. The van der Waals surface area contributed by atoms with Gasteiger partial charge in [-0.3, -0.25) is 4.79 Å². The maximum atomic E-state index is 12.2. The lowest BCUT2D eigenvalue weighted by molar-refractivity contribution is 0.0955. The zero-order valence-electron chi connectivity index (χ0n) is 16.0. The minimum atomic E-state index is -0.250. The number of amides is 1. The van der Waals surface area contributed by atoms with Gasteiger partial charge >= 0.3 is 0 Å². The fourth-order valence-corrected chi connectivity index (χ4v) is 2.39. The highest BCUT2D eigenvalue weighted by atomic mass is 16.5.